The van der Waals surface area contributed by atoms with Gasteiger partial charge < -0.3 is 9.47 Å². The lowest BCUT2D eigenvalue weighted by atomic mass is 10.1. The van der Waals surface area contributed by atoms with Crippen LogP contribution < -0.4 is 9.47 Å². The Hall–Kier alpha value is -3.48. The molecule has 0 spiro atoms. The minimum Gasteiger partial charge on any atom is -0.492 e. The fraction of sp³-hybridized carbons (Fsp3) is 0.182. The Kier molecular flexibility index (Phi) is 5.37. The van der Waals surface area contributed by atoms with E-state index in [1.807, 2.05) is 29.7 Å². The molecule has 148 valence electrons. The Balaban J connectivity index is 1.50. The van der Waals surface area contributed by atoms with Gasteiger partial charge in [0, 0.05) is 24.2 Å². The number of rotatable bonds is 7. The predicted octanol–water partition coefficient (Wildman–Crippen LogP) is 4.83. The van der Waals surface area contributed by atoms with Crippen LogP contribution in [0.3, 0.4) is 0 Å². The third-order valence-electron chi connectivity index (χ3n) is 4.32. The second-order valence-corrected chi connectivity index (χ2v) is 6.60. The highest BCUT2D eigenvalue weighted by molar-refractivity contribution is 5.69. The predicted molar refractivity (Wildman–Crippen MR) is 105 cm³/mol. The molecule has 0 N–H and O–H groups in total. The van der Waals surface area contributed by atoms with Crippen LogP contribution in [0.15, 0.2) is 61.1 Å². The molecule has 0 saturated carbocycles. The standard InChI is InChI=1S/C22H19F2N3O2/c1-15-3-8-20-26-21(16-4-6-17(23)7-5-16)22(27(20)14-15)29-10-2-9-28-19-11-18(24)12-25-13-19/h3-8,11-14H,2,9-10H2,1H3. The maximum atomic E-state index is 13.3. The Labute approximate surface area is 166 Å². The van der Waals surface area contributed by atoms with Crippen LogP contribution in [0.5, 0.6) is 11.6 Å². The highest BCUT2D eigenvalue weighted by Crippen LogP contribution is 2.31. The van der Waals surface area contributed by atoms with Crippen molar-refractivity contribution in [3.05, 3.63) is 78.3 Å². The summed E-state index contributed by atoms with van der Waals surface area (Å²) in [6, 6.07) is 11.3. The molecule has 7 heteroatoms. The van der Waals surface area contributed by atoms with Gasteiger partial charge in [-0.2, -0.15) is 0 Å². The first-order valence-corrected chi connectivity index (χ1v) is 9.21. The second-order valence-electron chi connectivity index (χ2n) is 6.60. The van der Waals surface area contributed by atoms with Crippen molar-refractivity contribution in [1.82, 2.24) is 14.4 Å². The maximum absolute atomic E-state index is 13.3. The molecule has 0 aliphatic heterocycles. The maximum Gasteiger partial charge on any atom is 0.226 e. The normalized spacial score (nSPS) is 11.0. The average molecular weight is 395 g/mol. The van der Waals surface area contributed by atoms with Crippen LogP contribution in [0, 0.1) is 18.6 Å². The summed E-state index contributed by atoms with van der Waals surface area (Å²) in [6.07, 6.45) is 5.11. The highest BCUT2D eigenvalue weighted by Gasteiger charge is 2.16. The van der Waals surface area contributed by atoms with Crippen LogP contribution in [-0.4, -0.2) is 27.6 Å². The quantitative estimate of drug-likeness (QED) is 0.421. The van der Waals surface area contributed by atoms with E-state index < -0.39 is 5.82 Å². The largest absolute Gasteiger partial charge is 0.492 e. The lowest BCUT2D eigenvalue weighted by Gasteiger charge is -2.10. The first-order chi connectivity index (χ1) is 14.1. The minimum absolute atomic E-state index is 0.306. The SMILES string of the molecule is Cc1ccc2nc(-c3ccc(F)cc3)c(OCCCOc3cncc(F)c3)n2c1. The summed E-state index contributed by atoms with van der Waals surface area (Å²) in [5.74, 6) is 0.216. The molecule has 0 aliphatic rings. The van der Waals surface area contributed by atoms with Crippen LogP contribution in [0.1, 0.15) is 12.0 Å². The highest BCUT2D eigenvalue weighted by atomic mass is 19.1. The van der Waals surface area contributed by atoms with E-state index in [0.717, 1.165) is 23.0 Å². The van der Waals surface area contributed by atoms with Crippen molar-refractivity contribution in [3.63, 3.8) is 0 Å². The van der Waals surface area contributed by atoms with Crippen LogP contribution in [0.2, 0.25) is 0 Å². The van der Waals surface area contributed by atoms with Crippen LogP contribution in [0.25, 0.3) is 16.9 Å². The number of hydrogen-bond donors (Lipinski definition) is 0. The Morgan fingerprint density at radius 1 is 0.931 bits per heavy atom. The van der Waals surface area contributed by atoms with E-state index in [0.29, 0.717) is 37.0 Å². The number of nitrogens with zero attached hydrogens (tertiary/aromatic N) is 3. The van der Waals surface area contributed by atoms with Gasteiger partial charge in [0.1, 0.15) is 28.7 Å². The van der Waals surface area contributed by atoms with Gasteiger partial charge in [-0.15, -0.1) is 0 Å². The summed E-state index contributed by atoms with van der Waals surface area (Å²) in [6.45, 7) is 2.72. The molecule has 0 aliphatic carbocycles. The second kappa shape index (κ2) is 8.26. The zero-order valence-electron chi connectivity index (χ0n) is 15.8. The molecule has 29 heavy (non-hydrogen) atoms. The molecule has 4 aromatic rings. The monoisotopic (exact) mass is 395 g/mol. The Morgan fingerprint density at radius 2 is 1.72 bits per heavy atom. The van der Waals surface area contributed by atoms with Gasteiger partial charge in [-0.1, -0.05) is 6.07 Å². The third kappa shape index (κ3) is 4.34. The Morgan fingerprint density at radius 3 is 2.52 bits per heavy atom. The van der Waals surface area contributed by atoms with Crippen molar-refractivity contribution in [2.75, 3.05) is 13.2 Å². The lowest BCUT2D eigenvalue weighted by Crippen LogP contribution is -2.07. The van der Waals surface area contributed by atoms with Crippen molar-refractivity contribution >= 4 is 5.65 Å². The van der Waals surface area contributed by atoms with E-state index >= 15 is 0 Å². The molecule has 0 atom stereocenters. The molecule has 0 unspecified atom stereocenters. The number of aryl methyl sites for hydroxylation is 1. The fourth-order valence-corrected chi connectivity index (χ4v) is 2.95. The zero-order chi connectivity index (χ0) is 20.2. The number of hydrogen-bond acceptors (Lipinski definition) is 4. The van der Waals surface area contributed by atoms with Gasteiger partial charge >= 0.3 is 0 Å². The molecular formula is C22H19F2N3O2. The molecule has 0 amide bonds. The molecule has 5 nitrogen and oxygen atoms in total. The van der Waals surface area contributed by atoms with Gasteiger partial charge in [0.25, 0.3) is 0 Å². The van der Waals surface area contributed by atoms with Gasteiger partial charge in [0.15, 0.2) is 0 Å². The molecule has 3 heterocycles. The molecule has 3 aromatic heterocycles. The number of imidazole rings is 1. The number of ether oxygens (including phenoxy) is 2. The molecule has 4 rings (SSSR count). The molecule has 0 radical (unpaired) electrons. The fourth-order valence-electron chi connectivity index (χ4n) is 2.95. The smallest absolute Gasteiger partial charge is 0.226 e. The number of fused-ring (bicyclic) bond motifs is 1. The molecular weight excluding hydrogens is 376 g/mol. The number of benzene rings is 1. The molecule has 0 bridgehead atoms. The number of pyridine rings is 2. The number of aromatic nitrogens is 3. The van der Waals surface area contributed by atoms with Crippen LogP contribution >= 0.6 is 0 Å². The van der Waals surface area contributed by atoms with Gasteiger partial charge in [-0.25, -0.2) is 13.8 Å². The zero-order valence-corrected chi connectivity index (χ0v) is 15.8. The molecule has 0 saturated heterocycles. The summed E-state index contributed by atoms with van der Waals surface area (Å²) in [5.41, 5.74) is 3.22. The summed E-state index contributed by atoms with van der Waals surface area (Å²) in [5, 5.41) is 0. The topological polar surface area (TPSA) is 48.7 Å². The summed E-state index contributed by atoms with van der Waals surface area (Å²) in [4.78, 5) is 8.39. The lowest BCUT2D eigenvalue weighted by molar-refractivity contribution is 0.241. The number of halogens is 2. The van der Waals surface area contributed by atoms with Gasteiger partial charge in [0.05, 0.1) is 25.6 Å². The molecule has 1 aromatic carbocycles. The van der Waals surface area contributed by atoms with Gasteiger partial charge in [-0.05, 0) is 42.8 Å². The van der Waals surface area contributed by atoms with E-state index in [4.69, 9.17) is 9.47 Å². The van der Waals surface area contributed by atoms with Gasteiger partial charge in [-0.3, -0.25) is 9.38 Å². The first kappa shape index (κ1) is 18.9. The first-order valence-electron chi connectivity index (χ1n) is 9.21. The summed E-state index contributed by atoms with van der Waals surface area (Å²) >= 11 is 0. The summed E-state index contributed by atoms with van der Waals surface area (Å²) in [7, 11) is 0. The van der Waals surface area contributed by atoms with Crippen molar-refractivity contribution in [2.24, 2.45) is 0 Å². The third-order valence-corrected chi connectivity index (χ3v) is 4.32. The van der Waals surface area contributed by atoms with E-state index in [1.54, 1.807) is 12.1 Å². The van der Waals surface area contributed by atoms with Crippen LogP contribution in [0.4, 0.5) is 8.78 Å². The van der Waals surface area contributed by atoms with E-state index in [9.17, 15) is 8.78 Å². The van der Waals surface area contributed by atoms with Crippen molar-refractivity contribution in [3.8, 4) is 22.9 Å². The van der Waals surface area contributed by atoms with E-state index in [1.165, 1.54) is 24.4 Å². The summed E-state index contributed by atoms with van der Waals surface area (Å²) < 4.78 is 39.9. The van der Waals surface area contributed by atoms with E-state index in [-0.39, 0.29) is 5.82 Å². The minimum atomic E-state index is -0.441. The average Bonchev–Trinajstić information content (AvgIpc) is 3.06. The van der Waals surface area contributed by atoms with Crippen molar-refractivity contribution in [1.29, 1.82) is 0 Å². The van der Waals surface area contributed by atoms with Crippen molar-refractivity contribution in [2.45, 2.75) is 13.3 Å². The van der Waals surface area contributed by atoms with Crippen molar-refractivity contribution < 1.29 is 18.3 Å². The van der Waals surface area contributed by atoms with E-state index in [2.05, 4.69) is 9.97 Å². The Bertz CT molecular complexity index is 1130. The van der Waals surface area contributed by atoms with Crippen LogP contribution in [-0.2, 0) is 0 Å². The van der Waals surface area contributed by atoms with Gasteiger partial charge in [0.2, 0.25) is 5.88 Å². The molecule has 0 fully saturated rings.